The van der Waals surface area contributed by atoms with E-state index in [0.717, 1.165) is 0 Å². The van der Waals surface area contributed by atoms with Gasteiger partial charge in [0, 0.05) is 12.3 Å². The van der Waals surface area contributed by atoms with Crippen LogP contribution in [0.3, 0.4) is 0 Å². The van der Waals surface area contributed by atoms with Gasteiger partial charge in [0.05, 0.1) is 11.2 Å². The summed E-state index contributed by atoms with van der Waals surface area (Å²) in [6, 6.07) is 1.36. The van der Waals surface area contributed by atoms with Crippen LogP contribution in [0.2, 0.25) is 5.02 Å². The number of rotatable bonds is 1. The fraction of sp³-hybridized carbons (Fsp3) is 0. The van der Waals surface area contributed by atoms with Crippen LogP contribution in [0.1, 0.15) is 0 Å². The van der Waals surface area contributed by atoms with E-state index in [1.165, 1.54) is 18.5 Å². The number of ether oxygens (including phenoxy) is 1. The minimum Gasteiger partial charge on any atom is -0.449 e. The predicted octanol–water partition coefficient (Wildman–Crippen LogP) is 1.79. The van der Waals surface area contributed by atoms with Gasteiger partial charge in [0.15, 0.2) is 5.75 Å². The van der Waals surface area contributed by atoms with E-state index in [-0.39, 0.29) is 5.75 Å². The molecular formula is C6H4ClNO3. The van der Waals surface area contributed by atoms with E-state index in [2.05, 4.69) is 9.72 Å². The van der Waals surface area contributed by atoms with Gasteiger partial charge in [0.25, 0.3) is 0 Å². The second kappa shape index (κ2) is 3.21. The molecule has 1 rings (SSSR count). The molecule has 0 aliphatic rings. The molecule has 0 bridgehead atoms. The molecule has 0 aliphatic carbocycles. The van der Waals surface area contributed by atoms with E-state index in [1.807, 2.05) is 0 Å². The van der Waals surface area contributed by atoms with E-state index >= 15 is 0 Å². The Labute approximate surface area is 67.4 Å². The highest BCUT2D eigenvalue weighted by atomic mass is 35.5. The van der Waals surface area contributed by atoms with Crippen LogP contribution >= 0.6 is 11.6 Å². The molecule has 1 aromatic rings. The third kappa shape index (κ3) is 2.43. The Balaban J connectivity index is 2.79. The molecule has 1 N–H and O–H groups in total. The summed E-state index contributed by atoms with van der Waals surface area (Å²) in [4.78, 5) is 13.6. The zero-order chi connectivity index (χ0) is 8.27. The van der Waals surface area contributed by atoms with Crippen LogP contribution in [-0.2, 0) is 0 Å². The van der Waals surface area contributed by atoms with Gasteiger partial charge in [-0.2, -0.15) is 0 Å². The molecule has 5 heteroatoms. The normalized spacial score (nSPS) is 9.18. The van der Waals surface area contributed by atoms with Crippen LogP contribution in [0.25, 0.3) is 0 Å². The fourth-order valence-corrected chi connectivity index (χ4v) is 0.713. The molecule has 0 radical (unpaired) electrons. The molecular weight excluding hydrogens is 170 g/mol. The maximum absolute atomic E-state index is 9.99. The molecule has 0 unspecified atom stereocenters. The average Bonchev–Trinajstić information content (AvgIpc) is 1.85. The number of hydrogen-bond donors (Lipinski definition) is 1. The lowest BCUT2D eigenvalue weighted by Gasteiger charge is -1.97. The monoisotopic (exact) mass is 173 g/mol. The lowest BCUT2D eigenvalue weighted by molar-refractivity contribution is 0.144. The van der Waals surface area contributed by atoms with Crippen molar-refractivity contribution in [3.05, 3.63) is 23.5 Å². The first kappa shape index (κ1) is 7.81. The first-order valence-electron chi connectivity index (χ1n) is 2.70. The quantitative estimate of drug-likeness (QED) is 0.658. The lowest BCUT2D eigenvalue weighted by Crippen LogP contribution is -2.02. The highest BCUT2D eigenvalue weighted by Crippen LogP contribution is 2.14. The summed E-state index contributed by atoms with van der Waals surface area (Å²) in [5.74, 6) is 0.116. The molecule has 11 heavy (non-hydrogen) atoms. The predicted molar refractivity (Wildman–Crippen MR) is 37.9 cm³/mol. The second-order valence-corrected chi connectivity index (χ2v) is 2.14. The van der Waals surface area contributed by atoms with Gasteiger partial charge in [-0.3, -0.25) is 4.98 Å². The number of pyridine rings is 1. The third-order valence-corrected chi connectivity index (χ3v) is 1.09. The number of carboxylic acid groups (broad SMARTS) is 1. The second-order valence-electron chi connectivity index (χ2n) is 1.71. The molecule has 1 heterocycles. The van der Waals surface area contributed by atoms with E-state index < -0.39 is 6.16 Å². The Morgan fingerprint density at radius 3 is 2.91 bits per heavy atom. The standard InChI is InChI=1S/C6H4ClNO3/c7-4-1-5(3-8-2-4)11-6(9)10/h1-3H,(H,9,10). The van der Waals surface area contributed by atoms with Crippen molar-refractivity contribution in [2.24, 2.45) is 0 Å². The highest BCUT2D eigenvalue weighted by molar-refractivity contribution is 6.30. The largest absolute Gasteiger partial charge is 0.511 e. The van der Waals surface area contributed by atoms with E-state index in [4.69, 9.17) is 16.7 Å². The van der Waals surface area contributed by atoms with Gasteiger partial charge in [-0.25, -0.2) is 4.79 Å². The summed E-state index contributed by atoms with van der Waals surface area (Å²) < 4.78 is 4.26. The third-order valence-electron chi connectivity index (χ3n) is 0.885. The van der Waals surface area contributed by atoms with Crippen LogP contribution < -0.4 is 4.74 Å². The first-order valence-corrected chi connectivity index (χ1v) is 3.07. The molecule has 4 nitrogen and oxygen atoms in total. The van der Waals surface area contributed by atoms with E-state index in [1.54, 1.807) is 0 Å². The molecule has 0 aliphatic heterocycles. The van der Waals surface area contributed by atoms with Gasteiger partial charge in [-0.1, -0.05) is 11.6 Å². The molecule has 0 saturated carbocycles. The van der Waals surface area contributed by atoms with Crippen LogP contribution in [-0.4, -0.2) is 16.2 Å². The minimum atomic E-state index is -1.38. The first-order chi connectivity index (χ1) is 5.18. The van der Waals surface area contributed by atoms with Gasteiger partial charge in [-0.05, 0) is 0 Å². The van der Waals surface area contributed by atoms with Gasteiger partial charge < -0.3 is 9.84 Å². The van der Waals surface area contributed by atoms with Crippen molar-refractivity contribution in [1.82, 2.24) is 4.98 Å². The van der Waals surface area contributed by atoms with Gasteiger partial charge >= 0.3 is 6.16 Å². The molecule has 0 atom stereocenters. The summed E-state index contributed by atoms with van der Waals surface area (Å²) >= 11 is 5.49. The molecule has 1 aromatic heterocycles. The smallest absolute Gasteiger partial charge is 0.449 e. The van der Waals surface area contributed by atoms with E-state index in [9.17, 15) is 4.79 Å². The molecule has 0 spiro atoms. The fourth-order valence-electron chi connectivity index (χ4n) is 0.549. The minimum absolute atomic E-state index is 0.116. The van der Waals surface area contributed by atoms with Crippen LogP contribution in [0.5, 0.6) is 5.75 Å². The van der Waals surface area contributed by atoms with Crippen molar-refractivity contribution >= 4 is 17.8 Å². The molecule has 58 valence electrons. The molecule has 0 aromatic carbocycles. The van der Waals surface area contributed by atoms with Gasteiger partial charge in [0.2, 0.25) is 0 Å². The zero-order valence-electron chi connectivity index (χ0n) is 5.32. The number of carbonyl (C=O) groups is 1. The van der Waals surface area contributed by atoms with Crippen LogP contribution in [0.15, 0.2) is 18.5 Å². The summed E-state index contributed by atoms with van der Waals surface area (Å²) in [6.45, 7) is 0. The van der Waals surface area contributed by atoms with Crippen molar-refractivity contribution in [2.45, 2.75) is 0 Å². The number of nitrogens with zero attached hydrogens (tertiary/aromatic N) is 1. The molecule has 0 amide bonds. The number of aromatic nitrogens is 1. The molecule has 0 saturated heterocycles. The number of hydrogen-bond acceptors (Lipinski definition) is 3. The van der Waals surface area contributed by atoms with Crippen molar-refractivity contribution in [2.75, 3.05) is 0 Å². The Bertz CT molecular complexity index is 276. The maximum atomic E-state index is 9.99. The Kier molecular flexibility index (Phi) is 2.28. The van der Waals surface area contributed by atoms with Crippen LogP contribution in [0, 0.1) is 0 Å². The Morgan fingerprint density at radius 2 is 2.36 bits per heavy atom. The summed E-state index contributed by atoms with van der Waals surface area (Å²) in [7, 11) is 0. The summed E-state index contributed by atoms with van der Waals surface area (Å²) in [6.07, 6.45) is 1.27. The SMILES string of the molecule is O=C(O)Oc1cncc(Cl)c1. The highest BCUT2D eigenvalue weighted by Gasteiger charge is 2.00. The van der Waals surface area contributed by atoms with Gasteiger partial charge in [-0.15, -0.1) is 0 Å². The van der Waals surface area contributed by atoms with E-state index in [0.29, 0.717) is 5.02 Å². The summed E-state index contributed by atoms with van der Waals surface area (Å²) in [5.41, 5.74) is 0. The van der Waals surface area contributed by atoms with Crippen LogP contribution in [0.4, 0.5) is 4.79 Å². The van der Waals surface area contributed by atoms with Gasteiger partial charge in [0.1, 0.15) is 0 Å². The lowest BCUT2D eigenvalue weighted by atomic mass is 10.5. The van der Waals surface area contributed by atoms with Crippen molar-refractivity contribution in [1.29, 1.82) is 0 Å². The Hall–Kier alpha value is -1.29. The Morgan fingerprint density at radius 1 is 1.64 bits per heavy atom. The van der Waals surface area contributed by atoms with Crippen molar-refractivity contribution in [3.8, 4) is 5.75 Å². The average molecular weight is 174 g/mol. The van der Waals surface area contributed by atoms with Crippen molar-refractivity contribution in [3.63, 3.8) is 0 Å². The summed E-state index contributed by atoms with van der Waals surface area (Å²) in [5, 5.41) is 8.50. The maximum Gasteiger partial charge on any atom is 0.511 e. The number of halogens is 1. The molecule has 0 fully saturated rings. The topological polar surface area (TPSA) is 59.4 Å². The zero-order valence-corrected chi connectivity index (χ0v) is 6.08. The van der Waals surface area contributed by atoms with Crippen molar-refractivity contribution < 1.29 is 14.6 Å².